The first-order valence-electron chi connectivity index (χ1n) is 2.41. The Balaban J connectivity index is -0.0000000400. The summed E-state index contributed by atoms with van der Waals surface area (Å²) in [6, 6.07) is 0. The van der Waals surface area contributed by atoms with Crippen LogP contribution in [-0.4, -0.2) is 13.3 Å². The van der Waals surface area contributed by atoms with E-state index in [0.29, 0.717) is 0 Å². The number of hydrogen-bond acceptors (Lipinski definition) is 0. The Morgan fingerprint density at radius 2 is 1.14 bits per heavy atom. The van der Waals surface area contributed by atoms with E-state index in [0.717, 1.165) is 8.58 Å². The van der Waals surface area contributed by atoms with E-state index in [-0.39, 0.29) is 13.5 Å². The molecule has 0 aliphatic heterocycles. The van der Waals surface area contributed by atoms with Gasteiger partial charge < -0.3 is 0 Å². The Hall–Kier alpha value is 0.780. The fourth-order valence-corrected chi connectivity index (χ4v) is 0. The Bertz CT molecular complexity index is 10.0. The van der Waals surface area contributed by atoms with Crippen LogP contribution in [0.15, 0.2) is 0 Å². The van der Waals surface area contributed by atoms with Gasteiger partial charge in [0.15, 0.2) is 0 Å². The predicted octanol–water partition coefficient (Wildman–Crippen LogP) is 2.45. The smallest absolute Gasteiger partial charge is 0.0475 e. The first-order chi connectivity index (χ1) is 2.83. The van der Waals surface area contributed by atoms with Crippen LogP contribution in [0.5, 0.6) is 0 Å². The average Bonchev–Trinajstić information content (AvgIpc) is 1.39. The lowest BCUT2D eigenvalue weighted by Gasteiger charge is -1.50. The fraction of sp³-hybridized carbons (Fsp3) is 1.00. The topological polar surface area (TPSA) is 0 Å². The zero-order valence-corrected chi connectivity index (χ0v) is 7.71. The molecule has 0 bridgehead atoms. The van der Waals surface area contributed by atoms with Gasteiger partial charge in [-0.25, -0.2) is 0 Å². The summed E-state index contributed by atoms with van der Waals surface area (Å²) in [6.07, 6.45) is 1.25. The molecule has 0 N–H and O–H groups in total. The molecule has 0 spiro atoms. The summed E-state index contributed by atoms with van der Waals surface area (Å²) in [5.41, 5.74) is 0. The lowest BCUT2D eigenvalue weighted by Crippen LogP contribution is -1.27. The van der Waals surface area contributed by atoms with Crippen LogP contribution in [-0.2, 0) is 0 Å². The third kappa shape index (κ3) is 255. The van der Waals surface area contributed by atoms with Crippen LogP contribution in [0.1, 0.15) is 20.3 Å². The van der Waals surface area contributed by atoms with E-state index in [9.17, 15) is 0 Å². The first kappa shape index (κ1) is 15.7. The monoisotopic (exact) mass is 140 g/mol. The van der Waals surface area contributed by atoms with Crippen molar-refractivity contribution in [1.82, 2.24) is 0 Å². The molecule has 0 radical (unpaired) electrons. The highest BCUT2D eigenvalue weighted by atomic mass is 32.1. The van der Waals surface area contributed by atoms with Crippen molar-refractivity contribution in [3.63, 3.8) is 0 Å². The minimum Gasteiger partial charge on any atom is -0.197 e. The van der Waals surface area contributed by atoms with Crippen LogP contribution in [0.25, 0.3) is 0 Å². The zero-order chi connectivity index (χ0) is 5.41. The normalized spacial score (nSPS) is 5.14. The maximum atomic E-state index is 2.15. The van der Waals surface area contributed by atoms with E-state index in [4.69, 9.17) is 0 Å². The summed E-state index contributed by atoms with van der Waals surface area (Å²) in [6.45, 7) is 8.56. The molecule has 48 valence electrons. The highest BCUT2D eigenvalue weighted by molar-refractivity contribution is 7.59. The molecule has 0 rings (SSSR count). The minimum atomic E-state index is 0. The largest absolute Gasteiger partial charge is 0.197 e. The lowest BCUT2D eigenvalue weighted by atomic mass is 10.6. The van der Waals surface area contributed by atoms with E-state index < -0.39 is 0 Å². The molecular formula is C5H17PS. The quantitative estimate of drug-likeness (QED) is 0.453. The number of rotatable bonds is 0. The van der Waals surface area contributed by atoms with Crippen molar-refractivity contribution in [3.05, 3.63) is 0 Å². The number of hydrogen-bond donors (Lipinski definition) is 0. The van der Waals surface area contributed by atoms with Crippen LogP contribution in [0.4, 0.5) is 0 Å². The van der Waals surface area contributed by atoms with Gasteiger partial charge in [-0.2, -0.15) is 13.5 Å². The molecule has 0 nitrogen and oxygen atoms in total. The Labute approximate surface area is 56.3 Å². The van der Waals surface area contributed by atoms with Crippen LogP contribution in [0, 0.1) is 0 Å². The van der Waals surface area contributed by atoms with E-state index in [2.05, 4.69) is 27.2 Å². The second-order valence-corrected chi connectivity index (χ2v) is 2.21. The van der Waals surface area contributed by atoms with Crippen molar-refractivity contribution in [3.8, 4) is 0 Å². The molecule has 2 heteroatoms. The average molecular weight is 140 g/mol. The molecular weight excluding hydrogens is 123 g/mol. The van der Waals surface area contributed by atoms with Crippen molar-refractivity contribution in [2.75, 3.05) is 13.3 Å². The molecule has 0 aromatic carbocycles. The van der Waals surface area contributed by atoms with Crippen molar-refractivity contribution in [2.45, 2.75) is 20.3 Å². The Morgan fingerprint density at radius 1 is 1.14 bits per heavy atom. The Morgan fingerprint density at radius 3 is 1.14 bits per heavy atom. The van der Waals surface area contributed by atoms with E-state index in [1.54, 1.807) is 0 Å². The Kier molecular flexibility index (Phi) is 65.5. The molecule has 0 aromatic rings. The molecule has 0 atom stereocenters. The second-order valence-electron chi connectivity index (χ2n) is 1.21. The fourth-order valence-electron chi connectivity index (χ4n) is 0. The predicted molar refractivity (Wildman–Crippen MR) is 46.5 cm³/mol. The van der Waals surface area contributed by atoms with Gasteiger partial charge in [-0.3, -0.25) is 0 Å². The summed E-state index contributed by atoms with van der Waals surface area (Å²) in [5.74, 6) is 0. The van der Waals surface area contributed by atoms with Gasteiger partial charge >= 0.3 is 0 Å². The van der Waals surface area contributed by atoms with Crippen LogP contribution in [0.3, 0.4) is 0 Å². The van der Waals surface area contributed by atoms with Crippen LogP contribution >= 0.6 is 22.1 Å². The van der Waals surface area contributed by atoms with Gasteiger partial charge in [0.05, 0.1) is 0 Å². The van der Waals surface area contributed by atoms with Crippen molar-refractivity contribution in [2.24, 2.45) is 0 Å². The molecule has 0 saturated heterocycles. The van der Waals surface area contributed by atoms with Gasteiger partial charge in [0.2, 0.25) is 0 Å². The molecule has 7 heavy (non-hydrogen) atoms. The first-order valence-corrected chi connectivity index (χ1v) is 4.41. The lowest BCUT2D eigenvalue weighted by molar-refractivity contribution is 1.09. The zero-order valence-electron chi connectivity index (χ0n) is 5.71. The third-order valence-electron chi connectivity index (χ3n) is 0. The maximum absolute atomic E-state index is 2.15. The second kappa shape index (κ2) is 29.3. The van der Waals surface area contributed by atoms with Crippen LogP contribution < -0.4 is 0 Å². The van der Waals surface area contributed by atoms with Crippen molar-refractivity contribution in [1.29, 1.82) is 0 Å². The highest BCUT2D eigenvalue weighted by Crippen LogP contribution is 1.84. The van der Waals surface area contributed by atoms with E-state index in [1.807, 2.05) is 0 Å². The van der Waals surface area contributed by atoms with E-state index >= 15 is 0 Å². The summed E-state index contributed by atoms with van der Waals surface area (Å²) < 4.78 is 0. The van der Waals surface area contributed by atoms with Gasteiger partial charge in [-0.1, -0.05) is 20.3 Å². The summed E-state index contributed by atoms with van der Waals surface area (Å²) in [5, 5.41) is 0. The van der Waals surface area contributed by atoms with E-state index in [1.165, 1.54) is 6.42 Å². The SMILES string of the molecule is CCC.CPC.S. The maximum Gasteiger partial charge on any atom is -0.0475 e. The molecule has 0 unspecified atom stereocenters. The van der Waals surface area contributed by atoms with Crippen molar-refractivity contribution >= 4 is 22.1 Å². The van der Waals surface area contributed by atoms with Gasteiger partial charge in [0.25, 0.3) is 0 Å². The third-order valence-corrected chi connectivity index (χ3v) is 0. The molecule has 0 amide bonds. The van der Waals surface area contributed by atoms with Gasteiger partial charge in [0, 0.05) is 0 Å². The van der Waals surface area contributed by atoms with Gasteiger partial charge in [-0.15, -0.1) is 8.58 Å². The molecule has 0 fully saturated rings. The van der Waals surface area contributed by atoms with Gasteiger partial charge in [-0.05, 0) is 13.3 Å². The standard InChI is InChI=1S/C3H8.C2H7P.H2S/c2*1-3-2;/h3H2,1-2H3;3H,1-2H3;1H2. The van der Waals surface area contributed by atoms with Crippen molar-refractivity contribution < 1.29 is 0 Å². The molecule has 0 aromatic heterocycles. The molecule has 0 saturated carbocycles. The molecule has 0 aliphatic rings. The molecule has 0 aliphatic carbocycles. The summed E-state index contributed by atoms with van der Waals surface area (Å²) in [7, 11) is 1.08. The highest BCUT2D eigenvalue weighted by Gasteiger charge is 1.35. The minimum absolute atomic E-state index is 0. The van der Waals surface area contributed by atoms with Gasteiger partial charge in [0.1, 0.15) is 0 Å². The molecule has 0 heterocycles. The van der Waals surface area contributed by atoms with Crippen LogP contribution in [0.2, 0.25) is 0 Å². The summed E-state index contributed by atoms with van der Waals surface area (Å²) >= 11 is 0. The summed E-state index contributed by atoms with van der Waals surface area (Å²) in [4.78, 5) is 0.